The van der Waals surface area contributed by atoms with E-state index >= 15 is 0 Å². The number of Topliss-reactive ketones (excluding diaryl/α,β-unsaturated/α-hetero) is 2. The average molecular weight is 635 g/mol. The monoisotopic (exact) mass is 634 g/mol. The highest BCUT2D eigenvalue weighted by atomic mass is 16.7. The van der Waals surface area contributed by atoms with Crippen LogP contribution in [0.5, 0.6) is 0 Å². The molecule has 1 aliphatic heterocycles. The Labute approximate surface area is 266 Å². The van der Waals surface area contributed by atoms with Crippen molar-refractivity contribution >= 4 is 11.6 Å². The smallest absolute Gasteiger partial charge is 0.186 e. The molecule has 0 unspecified atom stereocenters. The summed E-state index contributed by atoms with van der Waals surface area (Å²) in [7, 11) is 0. The van der Waals surface area contributed by atoms with Gasteiger partial charge in [-0.2, -0.15) is 0 Å². The first-order valence-corrected chi connectivity index (χ1v) is 16.6. The molecule has 0 amide bonds. The summed E-state index contributed by atoms with van der Waals surface area (Å²) in [6.45, 7) is 12.9. The van der Waals surface area contributed by atoms with Gasteiger partial charge >= 0.3 is 0 Å². The Kier molecular flexibility index (Phi) is 8.96. The summed E-state index contributed by atoms with van der Waals surface area (Å²) >= 11 is 0. The van der Waals surface area contributed by atoms with Crippen LogP contribution in [-0.4, -0.2) is 96.8 Å². The van der Waals surface area contributed by atoms with Gasteiger partial charge in [-0.3, -0.25) is 9.59 Å². The Morgan fingerprint density at radius 3 is 2.42 bits per heavy atom. The molecule has 5 aliphatic rings. The van der Waals surface area contributed by atoms with Gasteiger partial charge < -0.3 is 40.1 Å². The van der Waals surface area contributed by atoms with Gasteiger partial charge in [0.15, 0.2) is 12.1 Å². The van der Waals surface area contributed by atoms with Crippen LogP contribution in [0.4, 0.5) is 0 Å². The lowest BCUT2D eigenvalue weighted by atomic mass is 9.53. The molecular weight excluding hydrogens is 580 g/mol. The highest BCUT2D eigenvalue weighted by molar-refractivity contribution is 5.89. The molecule has 1 saturated heterocycles. The van der Waals surface area contributed by atoms with E-state index in [2.05, 4.69) is 39.8 Å². The van der Waals surface area contributed by atoms with Crippen LogP contribution in [0.3, 0.4) is 0 Å². The largest absolute Gasteiger partial charge is 0.389 e. The fourth-order valence-corrected chi connectivity index (χ4v) is 9.77. The van der Waals surface area contributed by atoms with Gasteiger partial charge in [-0.15, -0.1) is 0 Å². The third-order valence-electron chi connectivity index (χ3n) is 12.6. The zero-order chi connectivity index (χ0) is 33.5. The molecule has 0 aromatic heterocycles. The van der Waals surface area contributed by atoms with E-state index in [1.54, 1.807) is 0 Å². The van der Waals surface area contributed by atoms with Gasteiger partial charge in [-0.05, 0) is 73.3 Å². The predicted octanol–water partition coefficient (Wildman–Crippen LogP) is 2.36. The Morgan fingerprint density at radius 2 is 1.78 bits per heavy atom. The molecule has 10 heteroatoms. The second-order valence-corrected chi connectivity index (χ2v) is 16.4. The molecule has 2 saturated carbocycles. The molecule has 10 nitrogen and oxygen atoms in total. The molecule has 3 fully saturated rings. The zero-order valence-corrected chi connectivity index (χ0v) is 27.8. The van der Waals surface area contributed by atoms with Crippen LogP contribution in [0.15, 0.2) is 23.3 Å². The summed E-state index contributed by atoms with van der Waals surface area (Å²) in [4.78, 5) is 26.7. The number of carbonyl (C=O) groups is 2. The van der Waals surface area contributed by atoms with E-state index in [1.165, 1.54) is 13.8 Å². The number of ether oxygens (including phenoxy) is 2. The van der Waals surface area contributed by atoms with E-state index in [-0.39, 0.29) is 36.8 Å². The van der Waals surface area contributed by atoms with Crippen LogP contribution in [0.1, 0.15) is 93.4 Å². The van der Waals surface area contributed by atoms with Crippen molar-refractivity contribution in [3.63, 3.8) is 0 Å². The van der Waals surface area contributed by atoms with Gasteiger partial charge in [0, 0.05) is 30.6 Å². The number of allylic oxidation sites excluding steroid dienone is 3. The Morgan fingerprint density at radius 1 is 1.11 bits per heavy atom. The molecule has 45 heavy (non-hydrogen) atoms. The van der Waals surface area contributed by atoms with E-state index in [4.69, 9.17) is 9.47 Å². The third-order valence-corrected chi connectivity index (χ3v) is 12.6. The molecule has 0 bridgehead atoms. The summed E-state index contributed by atoms with van der Waals surface area (Å²) in [5.74, 6) is -1.31. The van der Waals surface area contributed by atoms with E-state index < -0.39 is 69.9 Å². The Balaban J connectivity index is 1.40. The predicted molar refractivity (Wildman–Crippen MR) is 165 cm³/mol. The maximum Gasteiger partial charge on any atom is 0.186 e. The molecule has 6 N–H and O–H groups in total. The van der Waals surface area contributed by atoms with Crippen LogP contribution in [0.25, 0.3) is 0 Å². The van der Waals surface area contributed by atoms with Crippen molar-refractivity contribution in [3.05, 3.63) is 23.3 Å². The summed E-state index contributed by atoms with van der Waals surface area (Å²) < 4.78 is 11.8. The standard InChI is InChI=1S/C35H54O10/c1-18(14-21(36)29(41)32(4,5)42)26-22(37)16-34(7)20-8-9-24-31(2,3)25(45-30-28(40)27(39)23(38)17-44-30)11-13-35(24,43)15-19(20)10-12-33(26,34)6/h8,10,18,23-30,38-43H,9,11-17H2,1-7H3/t18-,23-,24+,25+,26+,27+,28-,29+,30+,33-,34+,35+/m1/s1. The van der Waals surface area contributed by atoms with Crippen LogP contribution in [0, 0.1) is 34.0 Å². The zero-order valence-electron chi connectivity index (χ0n) is 27.8. The number of carbonyl (C=O) groups excluding carboxylic acids is 2. The topological polar surface area (TPSA) is 174 Å². The average Bonchev–Trinajstić information content (AvgIpc) is 3.03. The second-order valence-electron chi connectivity index (χ2n) is 16.4. The first-order chi connectivity index (χ1) is 20.7. The van der Waals surface area contributed by atoms with Gasteiger partial charge in [0.2, 0.25) is 0 Å². The van der Waals surface area contributed by atoms with Crippen molar-refractivity contribution in [2.75, 3.05) is 6.61 Å². The van der Waals surface area contributed by atoms with E-state index in [9.17, 15) is 40.2 Å². The van der Waals surface area contributed by atoms with Crippen LogP contribution < -0.4 is 0 Å². The van der Waals surface area contributed by atoms with Crippen LogP contribution >= 0.6 is 0 Å². The molecule has 0 aromatic rings. The van der Waals surface area contributed by atoms with Crippen molar-refractivity contribution in [2.24, 2.45) is 34.0 Å². The number of hydrogen-bond acceptors (Lipinski definition) is 10. The number of aliphatic hydroxyl groups excluding tert-OH is 4. The quantitative estimate of drug-likeness (QED) is 0.244. The number of hydrogen-bond donors (Lipinski definition) is 6. The van der Waals surface area contributed by atoms with Gasteiger partial charge in [0.25, 0.3) is 0 Å². The summed E-state index contributed by atoms with van der Waals surface area (Å²) in [6.07, 6.45) is 0.368. The molecular formula is C35H54O10. The van der Waals surface area contributed by atoms with E-state index in [1.807, 2.05) is 6.92 Å². The third kappa shape index (κ3) is 5.61. The molecule has 1 heterocycles. The number of rotatable bonds is 7. The van der Waals surface area contributed by atoms with Crippen LogP contribution in [0.2, 0.25) is 0 Å². The lowest BCUT2D eigenvalue weighted by molar-refractivity contribution is -0.304. The minimum absolute atomic E-state index is 0.00432. The highest BCUT2D eigenvalue weighted by Gasteiger charge is 2.64. The van der Waals surface area contributed by atoms with Gasteiger partial charge in [0.1, 0.15) is 30.2 Å². The number of fused-ring (bicyclic) bond motifs is 4. The highest BCUT2D eigenvalue weighted by Crippen LogP contribution is 2.67. The molecule has 254 valence electrons. The maximum absolute atomic E-state index is 13.8. The normalized spacial score (nSPS) is 44.5. The van der Waals surface area contributed by atoms with E-state index in [0.717, 1.165) is 11.1 Å². The molecule has 5 rings (SSSR count). The van der Waals surface area contributed by atoms with Gasteiger partial charge in [-0.25, -0.2) is 0 Å². The van der Waals surface area contributed by atoms with Gasteiger partial charge in [-0.1, -0.05) is 46.8 Å². The molecule has 12 atom stereocenters. The maximum atomic E-state index is 13.8. The summed E-state index contributed by atoms with van der Waals surface area (Å²) in [5.41, 5.74) is -1.96. The Bertz CT molecular complexity index is 1250. The number of aliphatic hydroxyl groups is 6. The summed E-state index contributed by atoms with van der Waals surface area (Å²) in [5, 5.41) is 63.4. The first-order valence-electron chi connectivity index (χ1n) is 16.6. The van der Waals surface area contributed by atoms with Crippen molar-refractivity contribution in [1.82, 2.24) is 0 Å². The lowest BCUT2D eigenvalue weighted by Gasteiger charge is -2.54. The minimum Gasteiger partial charge on any atom is -0.389 e. The van der Waals surface area contributed by atoms with Crippen molar-refractivity contribution in [3.8, 4) is 0 Å². The van der Waals surface area contributed by atoms with E-state index in [0.29, 0.717) is 38.5 Å². The van der Waals surface area contributed by atoms with Gasteiger partial charge in [0.05, 0.1) is 23.9 Å². The van der Waals surface area contributed by atoms with Crippen molar-refractivity contribution in [1.29, 1.82) is 0 Å². The van der Waals surface area contributed by atoms with Crippen molar-refractivity contribution < 1.29 is 49.7 Å². The molecule has 0 aromatic carbocycles. The fraction of sp³-hybridized carbons (Fsp3) is 0.829. The molecule has 4 aliphatic carbocycles. The number of ketones is 2. The lowest BCUT2D eigenvalue weighted by Crippen LogP contribution is -2.59. The minimum atomic E-state index is -1.57. The summed E-state index contributed by atoms with van der Waals surface area (Å²) in [6, 6.07) is 0. The molecule has 0 spiro atoms. The second kappa shape index (κ2) is 11.6. The molecule has 0 radical (unpaired) electrons. The fourth-order valence-electron chi connectivity index (χ4n) is 9.77. The first kappa shape index (κ1) is 34.8. The SMILES string of the molecule is C[C@H](CC(=O)[C@H](O)C(C)(C)O)[C@H]1C(=O)C[C@@]2(C)C3=CC[C@H]4C(C)(C)[C@@H](O[C@@H]5OC[C@@H](O)[C@H](O)[C@H]5O)CC[C@]4(O)CC3=CC[C@]12C. The van der Waals surface area contributed by atoms with Crippen molar-refractivity contribution in [2.45, 2.75) is 141 Å². The Hall–Kier alpha value is -1.50. The van der Waals surface area contributed by atoms with Crippen LogP contribution in [-0.2, 0) is 19.1 Å².